The molecule has 0 radical (unpaired) electrons. The molecule has 2 aliphatic rings. The Morgan fingerprint density at radius 2 is 1.29 bits per heavy atom. The average molecular weight is 710 g/mol. The van der Waals surface area contributed by atoms with E-state index in [0.717, 1.165) is 70.6 Å². The molecule has 2 heterocycles. The van der Waals surface area contributed by atoms with E-state index in [1.807, 2.05) is 23.4 Å². The zero-order valence-electron chi connectivity index (χ0n) is 30.3. The van der Waals surface area contributed by atoms with Gasteiger partial charge in [0, 0.05) is 31.9 Å². The van der Waals surface area contributed by atoms with Crippen LogP contribution in [0.2, 0.25) is 0 Å². The van der Waals surface area contributed by atoms with Crippen LogP contribution in [0.1, 0.15) is 141 Å². The largest absolute Gasteiger partial charge is 0.381 e. The van der Waals surface area contributed by atoms with Crippen LogP contribution >= 0.6 is 11.8 Å². The summed E-state index contributed by atoms with van der Waals surface area (Å²) in [4.78, 5) is 2.14. The summed E-state index contributed by atoms with van der Waals surface area (Å²) in [5.41, 5.74) is 0.457. The highest BCUT2D eigenvalue weighted by Crippen LogP contribution is 2.30. The predicted octanol–water partition coefficient (Wildman–Crippen LogP) is 10.4. The number of benzene rings is 1. The van der Waals surface area contributed by atoms with Gasteiger partial charge in [0.1, 0.15) is 0 Å². The van der Waals surface area contributed by atoms with E-state index in [0.29, 0.717) is 12.5 Å². The molecule has 48 heavy (non-hydrogen) atoms. The Labute approximate surface area is 298 Å². The quantitative estimate of drug-likeness (QED) is 0.0577. The molecule has 0 spiro atoms. The van der Waals surface area contributed by atoms with Crippen LogP contribution in [0.25, 0.3) is 0 Å². The van der Waals surface area contributed by atoms with Gasteiger partial charge in [-0.1, -0.05) is 133 Å². The summed E-state index contributed by atoms with van der Waals surface area (Å²) < 4.78 is 48.8. The first-order valence-corrected chi connectivity index (χ1v) is 21.7. The molecule has 0 amide bonds. The zero-order chi connectivity index (χ0) is 34.1. The molecule has 276 valence electrons. The van der Waals surface area contributed by atoms with E-state index in [1.54, 1.807) is 24.3 Å². The van der Waals surface area contributed by atoms with Crippen LogP contribution in [0.15, 0.2) is 40.8 Å². The van der Waals surface area contributed by atoms with E-state index in [9.17, 15) is 8.42 Å². The van der Waals surface area contributed by atoms with Crippen molar-refractivity contribution in [1.29, 1.82) is 0 Å². The van der Waals surface area contributed by atoms with Crippen molar-refractivity contribution in [2.24, 2.45) is 5.92 Å². The average Bonchev–Trinajstić information content (AvgIpc) is 3.72. The number of thioether (sulfide) groups is 1. The lowest BCUT2D eigenvalue weighted by molar-refractivity contribution is 0.0141. The van der Waals surface area contributed by atoms with E-state index in [4.69, 9.17) is 18.4 Å². The van der Waals surface area contributed by atoms with Gasteiger partial charge in [-0.25, -0.2) is 4.18 Å². The minimum absolute atomic E-state index is 0.190. The third-order valence-electron chi connectivity index (χ3n) is 9.41. The fourth-order valence-electron chi connectivity index (χ4n) is 6.36. The van der Waals surface area contributed by atoms with E-state index in [1.165, 1.54) is 108 Å². The highest BCUT2D eigenvalue weighted by Gasteiger charge is 2.28. The molecule has 3 unspecified atom stereocenters. The number of aryl methyl sites for hydroxylation is 1. The molecule has 0 saturated carbocycles. The maximum absolute atomic E-state index is 12.7. The van der Waals surface area contributed by atoms with Crippen molar-refractivity contribution in [1.82, 2.24) is 4.90 Å². The van der Waals surface area contributed by atoms with Crippen LogP contribution in [-0.2, 0) is 28.5 Å². The lowest BCUT2D eigenvalue weighted by Gasteiger charge is -2.24. The first-order valence-electron chi connectivity index (χ1n) is 19.3. The molecular formula is C39H67NO6S2. The molecule has 0 N–H and O–H groups in total. The van der Waals surface area contributed by atoms with Crippen molar-refractivity contribution in [3.63, 3.8) is 0 Å². The summed E-state index contributed by atoms with van der Waals surface area (Å²) in [7, 11) is -3.81. The molecule has 1 saturated heterocycles. The van der Waals surface area contributed by atoms with Gasteiger partial charge in [0.15, 0.2) is 0 Å². The molecule has 9 heteroatoms. The Kier molecular flexibility index (Phi) is 22.2. The summed E-state index contributed by atoms with van der Waals surface area (Å²) in [5.74, 6) is 0.453. The van der Waals surface area contributed by atoms with Crippen molar-refractivity contribution < 1.29 is 26.8 Å². The summed E-state index contributed by atoms with van der Waals surface area (Å²) in [6.45, 7) is 8.76. The third kappa shape index (κ3) is 18.2. The van der Waals surface area contributed by atoms with Gasteiger partial charge < -0.3 is 19.1 Å². The Morgan fingerprint density at radius 1 is 0.750 bits per heavy atom. The topological polar surface area (TPSA) is 74.3 Å². The lowest BCUT2D eigenvalue weighted by atomic mass is 10.0. The van der Waals surface area contributed by atoms with Gasteiger partial charge in [-0.05, 0) is 56.6 Å². The number of hydrogen-bond donors (Lipinski definition) is 0. The molecular weight excluding hydrogens is 643 g/mol. The molecule has 3 atom stereocenters. The third-order valence-corrected chi connectivity index (χ3v) is 11.7. The number of hydrogen-bond acceptors (Lipinski definition) is 8. The van der Waals surface area contributed by atoms with E-state index < -0.39 is 15.7 Å². The van der Waals surface area contributed by atoms with E-state index in [2.05, 4.69) is 6.92 Å². The molecule has 0 bridgehead atoms. The number of rotatable bonds is 30. The van der Waals surface area contributed by atoms with Crippen LogP contribution in [0.4, 0.5) is 0 Å². The van der Waals surface area contributed by atoms with Crippen LogP contribution in [0.3, 0.4) is 0 Å². The van der Waals surface area contributed by atoms with E-state index in [-0.39, 0.29) is 11.0 Å². The number of ether oxygens (including phenoxy) is 3. The monoisotopic (exact) mass is 709 g/mol. The van der Waals surface area contributed by atoms with Crippen LogP contribution in [0, 0.1) is 12.8 Å². The summed E-state index contributed by atoms with van der Waals surface area (Å²) in [6.07, 6.45) is 28.3. The Bertz CT molecular complexity index is 1070. The Hall–Kier alpha value is -1.10. The van der Waals surface area contributed by atoms with Crippen molar-refractivity contribution in [3.8, 4) is 0 Å². The van der Waals surface area contributed by atoms with Gasteiger partial charge in [0.05, 0.1) is 30.8 Å². The fraction of sp³-hybridized carbons (Fsp3) is 0.795. The van der Waals surface area contributed by atoms with Gasteiger partial charge in [-0.2, -0.15) is 8.42 Å². The second kappa shape index (κ2) is 25.8. The maximum Gasteiger partial charge on any atom is 0.299 e. The van der Waals surface area contributed by atoms with Gasteiger partial charge in [-0.3, -0.25) is 0 Å². The summed E-state index contributed by atoms with van der Waals surface area (Å²) >= 11 is 1.37. The van der Waals surface area contributed by atoms with Crippen molar-refractivity contribution in [2.75, 3.05) is 39.6 Å². The van der Waals surface area contributed by atoms with Gasteiger partial charge >= 0.3 is 0 Å². The normalized spacial score (nSPS) is 19.5. The smallest absolute Gasteiger partial charge is 0.299 e. The predicted molar refractivity (Wildman–Crippen MR) is 200 cm³/mol. The van der Waals surface area contributed by atoms with Crippen LogP contribution in [0.5, 0.6) is 0 Å². The number of nitrogens with zero attached hydrogens (tertiary/aromatic N) is 1. The molecule has 0 aliphatic carbocycles. The Morgan fingerprint density at radius 3 is 1.90 bits per heavy atom. The molecule has 0 aromatic heterocycles. The first-order chi connectivity index (χ1) is 23.5. The summed E-state index contributed by atoms with van der Waals surface area (Å²) in [5, 5.41) is 1.89. The molecule has 7 nitrogen and oxygen atoms in total. The maximum atomic E-state index is 12.7. The Balaban J connectivity index is 1.06. The van der Waals surface area contributed by atoms with Gasteiger partial charge in [-0.15, -0.1) is 0 Å². The van der Waals surface area contributed by atoms with Gasteiger partial charge in [0.25, 0.3) is 10.1 Å². The van der Waals surface area contributed by atoms with Crippen molar-refractivity contribution in [2.45, 2.75) is 159 Å². The summed E-state index contributed by atoms with van der Waals surface area (Å²) in [6, 6.07) is 6.75. The van der Waals surface area contributed by atoms with Crippen molar-refractivity contribution >= 4 is 21.9 Å². The van der Waals surface area contributed by atoms with Crippen molar-refractivity contribution in [3.05, 3.63) is 41.4 Å². The highest BCUT2D eigenvalue weighted by molar-refractivity contribution is 8.03. The second-order valence-corrected chi connectivity index (χ2v) is 16.4. The highest BCUT2D eigenvalue weighted by atomic mass is 32.2. The van der Waals surface area contributed by atoms with E-state index >= 15 is 0 Å². The molecule has 1 fully saturated rings. The molecule has 1 aromatic rings. The minimum Gasteiger partial charge on any atom is -0.381 e. The second-order valence-electron chi connectivity index (χ2n) is 13.9. The molecule has 2 aliphatic heterocycles. The fourth-order valence-corrected chi connectivity index (χ4v) is 8.45. The minimum atomic E-state index is -3.81. The number of unbranched alkanes of at least 4 members (excludes halogenated alkanes) is 17. The standard InChI is InChI=1S/C39H67NO6S2/c1-3-4-5-6-7-8-9-10-11-12-13-14-15-16-17-20-29-44-34-37-31-36(33-45-37)32-43-28-21-18-19-26-40-27-30-47-39(40)46-48(41,42)38-24-22-35(2)23-25-38/h22-25,27,30,36-37,39H,3-21,26,28-29,31-34H2,1-2H3. The SMILES string of the molecule is CCCCCCCCCCCCCCCCCCOCC1CC(COCCCCCN2C=CSC2OS(=O)(=O)c2ccc(C)cc2)CO1. The van der Waals surface area contributed by atoms with Crippen LogP contribution in [-0.4, -0.2) is 64.6 Å². The van der Waals surface area contributed by atoms with Gasteiger partial charge in [0.2, 0.25) is 5.56 Å². The van der Waals surface area contributed by atoms with Crippen LogP contribution < -0.4 is 0 Å². The lowest BCUT2D eigenvalue weighted by Crippen LogP contribution is -2.30. The zero-order valence-corrected chi connectivity index (χ0v) is 31.9. The first kappa shape index (κ1) is 41.3. The molecule has 1 aromatic carbocycles. The molecule has 3 rings (SSSR count).